The van der Waals surface area contributed by atoms with Gasteiger partial charge in [0.25, 0.3) is 11.7 Å². The summed E-state index contributed by atoms with van der Waals surface area (Å²) in [5.41, 5.74) is 1.65. The van der Waals surface area contributed by atoms with Crippen LogP contribution in [0.15, 0.2) is 6.07 Å². The number of aryl methyl sites for hydroxylation is 2. The van der Waals surface area contributed by atoms with E-state index in [9.17, 15) is 13.2 Å². The minimum absolute atomic E-state index is 0.0441. The van der Waals surface area contributed by atoms with E-state index in [0.717, 1.165) is 17.6 Å². The predicted octanol–water partition coefficient (Wildman–Crippen LogP) is -0.248. The van der Waals surface area contributed by atoms with Gasteiger partial charge in [-0.25, -0.2) is 22.2 Å². The number of hydrogen-bond donors (Lipinski definition) is 1. The Bertz CT molecular complexity index is 830. The standard InChI is InChI=1S/C13H20N6O3S/c1-9-8-10(2)19-13(15-9)16-11(17-19)12(20)14-6-5-7-18(3)23(4,21)22/h8H,5-7H2,1-4H3,(H,14,20). The second-order valence-corrected chi connectivity index (χ2v) is 7.47. The first-order valence-electron chi connectivity index (χ1n) is 7.09. The summed E-state index contributed by atoms with van der Waals surface area (Å²) in [5, 5.41) is 6.81. The third kappa shape index (κ3) is 4.23. The topological polar surface area (TPSA) is 110 Å². The Hall–Kier alpha value is -2.07. The van der Waals surface area contributed by atoms with Crippen molar-refractivity contribution in [3.63, 3.8) is 0 Å². The second kappa shape index (κ2) is 6.59. The minimum atomic E-state index is -3.20. The minimum Gasteiger partial charge on any atom is -0.349 e. The van der Waals surface area contributed by atoms with E-state index in [2.05, 4.69) is 20.4 Å². The molecule has 1 N–H and O–H groups in total. The molecule has 0 aliphatic carbocycles. The average Bonchev–Trinajstić information content (AvgIpc) is 2.86. The lowest BCUT2D eigenvalue weighted by Gasteiger charge is -2.13. The number of rotatable bonds is 6. The molecule has 0 aromatic carbocycles. The second-order valence-electron chi connectivity index (χ2n) is 5.38. The molecular weight excluding hydrogens is 320 g/mol. The normalized spacial score (nSPS) is 12.0. The van der Waals surface area contributed by atoms with Gasteiger partial charge in [-0.3, -0.25) is 4.79 Å². The van der Waals surface area contributed by atoms with Crippen molar-refractivity contribution < 1.29 is 13.2 Å². The lowest BCUT2D eigenvalue weighted by Crippen LogP contribution is -2.31. The molecule has 1 amide bonds. The average molecular weight is 340 g/mol. The van der Waals surface area contributed by atoms with Crippen molar-refractivity contribution in [1.82, 2.24) is 29.2 Å². The van der Waals surface area contributed by atoms with Gasteiger partial charge in [0.2, 0.25) is 15.8 Å². The number of carbonyl (C=O) groups is 1. The van der Waals surface area contributed by atoms with Gasteiger partial charge < -0.3 is 5.32 Å². The number of nitrogens with one attached hydrogen (secondary N) is 1. The molecule has 23 heavy (non-hydrogen) atoms. The predicted molar refractivity (Wildman–Crippen MR) is 84.7 cm³/mol. The van der Waals surface area contributed by atoms with E-state index >= 15 is 0 Å². The maximum Gasteiger partial charge on any atom is 0.291 e. The van der Waals surface area contributed by atoms with Crippen LogP contribution in [0.1, 0.15) is 28.4 Å². The molecule has 10 heteroatoms. The first-order valence-corrected chi connectivity index (χ1v) is 8.94. The van der Waals surface area contributed by atoms with Gasteiger partial charge in [0.05, 0.1) is 6.26 Å². The molecule has 9 nitrogen and oxygen atoms in total. The summed E-state index contributed by atoms with van der Waals surface area (Å²) in [6.45, 7) is 4.37. The first-order chi connectivity index (χ1) is 10.7. The Morgan fingerprint density at radius 2 is 2.04 bits per heavy atom. The molecule has 0 aliphatic rings. The van der Waals surface area contributed by atoms with Crippen LogP contribution in [-0.2, 0) is 10.0 Å². The van der Waals surface area contributed by atoms with E-state index < -0.39 is 15.9 Å². The van der Waals surface area contributed by atoms with Gasteiger partial charge in [-0.2, -0.15) is 4.98 Å². The number of nitrogens with zero attached hydrogens (tertiary/aromatic N) is 5. The molecule has 0 atom stereocenters. The Labute approximate surface area is 134 Å². The number of hydrogen-bond acceptors (Lipinski definition) is 6. The van der Waals surface area contributed by atoms with Gasteiger partial charge in [-0.15, -0.1) is 5.10 Å². The summed E-state index contributed by atoms with van der Waals surface area (Å²) >= 11 is 0. The molecule has 0 unspecified atom stereocenters. The summed E-state index contributed by atoms with van der Waals surface area (Å²) in [5.74, 6) is 0.0155. The molecule has 2 rings (SSSR count). The van der Waals surface area contributed by atoms with Crippen molar-refractivity contribution in [2.24, 2.45) is 0 Å². The fourth-order valence-electron chi connectivity index (χ4n) is 2.01. The molecule has 2 aromatic rings. The monoisotopic (exact) mass is 340 g/mol. The Kier molecular flexibility index (Phi) is 4.95. The number of carbonyl (C=O) groups excluding carboxylic acids is 1. The third-order valence-corrected chi connectivity index (χ3v) is 4.64. The number of aromatic nitrogens is 4. The van der Waals surface area contributed by atoms with E-state index in [0.29, 0.717) is 25.3 Å². The zero-order chi connectivity index (χ0) is 17.2. The van der Waals surface area contributed by atoms with Crippen molar-refractivity contribution in [3.8, 4) is 0 Å². The van der Waals surface area contributed by atoms with Gasteiger partial charge >= 0.3 is 0 Å². The van der Waals surface area contributed by atoms with Crippen LogP contribution in [0.25, 0.3) is 5.78 Å². The Morgan fingerprint density at radius 3 is 2.70 bits per heavy atom. The highest BCUT2D eigenvalue weighted by Gasteiger charge is 2.15. The SMILES string of the molecule is Cc1cc(C)n2nc(C(=O)NCCCN(C)S(C)(=O)=O)nc2n1. The van der Waals surface area contributed by atoms with Gasteiger partial charge in [0, 0.05) is 31.5 Å². The molecule has 0 saturated heterocycles. The highest BCUT2D eigenvalue weighted by Crippen LogP contribution is 2.05. The van der Waals surface area contributed by atoms with Gasteiger partial charge in [0.1, 0.15) is 0 Å². The summed E-state index contributed by atoms with van der Waals surface area (Å²) < 4.78 is 25.2. The summed E-state index contributed by atoms with van der Waals surface area (Å²) in [6, 6.07) is 1.85. The molecule has 2 aromatic heterocycles. The molecule has 0 fully saturated rings. The van der Waals surface area contributed by atoms with Crippen LogP contribution in [-0.4, -0.2) is 64.6 Å². The van der Waals surface area contributed by atoms with Crippen LogP contribution in [0.4, 0.5) is 0 Å². The largest absolute Gasteiger partial charge is 0.349 e. The fourth-order valence-corrected chi connectivity index (χ4v) is 2.47. The molecule has 126 valence electrons. The lowest BCUT2D eigenvalue weighted by atomic mass is 10.4. The van der Waals surface area contributed by atoms with Crippen molar-refractivity contribution in [3.05, 3.63) is 23.3 Å². The number of sulfonamides is 1. The zero-order valence-electron chi connectivity index (χ0n) is 13.6. The van der Waals surface area contributed by atoms with Gasteiger partial charge in [0.15, 0.2) is 0 Å². The smallest absolute Gasteiger partial charge is 0.291 e. The van der Waals surface area contributed by atoms with Crippen LogP contribution in [0.3, 0.4) is 0 Å². The molecule has 2 heterocycles. The zero-order valence-corrected chi connectivity index (χ0v) is 14.4. The van der Waals surface area contributed by atoms with Crippen molar-refractivity contribution in [2.45, 2.75) is 20.3 Å². The first kappa shape index (κ1) is 17.3. The lowest BCUT2D eigenvalue weighted by molar-refractivity contribution is 0.0942. The third-order valence-electron chi connectivity index (χ3n) is 3.32. The van der Waals surface area contributed by atoms with Crippen molar-refractivity contribution >= 4 is 21.7 Å². The summed E-state index contributed by atoms with van der Waals surface area (Å²) in [7, 11) is -1.70. The number of amides is 1. The van der Waals surface area contributed by atoms with E-state index in [1.165, 1.54) is 15.9 Å². The molecule has 0 spiro atoms. The van der Waals surface area contributed by atoms with Crippen LogP contribution in [0.2, 0.25) is 0 Å². The van der Waals surface area contributed by atoms with E-state index in [-0.39, 0.29) is 5.82 Å². The van der Waals surface area contributed by atoms with Crippen molar-refractivity contribution in [2.75, 3.05) is 26.4 Å². The van der Waals surface area contributed by atoms with Gasteiger partial charge in [-0.1, -0.05) is 0 Å². The highest BCUT2D eigenvalue weighted by atomic mass is 32.2. The van der Waals surface area contributed by atoms with Crippen molar-refractivity contribution in [1.29, 1.82) is 0 Å². The van der Waals surface area contributed by atoms with Crippen LogP contribution in [0.5, 0.6) is 0 Å². The van der Waals surface area contributed by atoms with E-state index in [1.807, 2.05) is 19.9 Å². The van der Waals surface area contributed by atoms with Crippen LogP contribution in [0, 0.1) is 13.8 Å². The van der Waals surface area contributed by atoms with E-state index in [1.54, 1.807) is 0 Å². The van der Waals surface area contributed by atoms with E-state index in [4.69, 9.17) is 0 Å². The fraction of sp³-hybridized carbons (Fsp3) is 0.538. The molecule has 0 radical (unpaired) electrons. The summed E-state index contributed by atoms with van der Waals surface area (Å²) in [4.78, 5) is 20.4. The molecule has 0 bridgehead atoms. The van der Waals surface area contributed by atoms with Crippen LogP contribution >= 0.6 is 0 Å². The maximum absolute atomic E-state index is 12.0. The highest BCUT2D eigenvalue weighted by molar-refractivity contribution is 7.88. The Balaban J connectivity index is 1.95. The quantitative estimate of drug-likeness (QED) is 0.726. The molecule has 0 saturated carbocycles. The number of fused-ring (bicyclic) bond motifs is 1. The Morgan fingerprint density at radius 1 is 1.35 bits per heavy atom. The van der Waals surface area contributed by atoms with Gasteiger partial charge in [-0.05, 0) is 26.3 Å². The molecular formula is C13H20N6O3S. The van der Waals surface area contributed by atoms with Crippen LogP contribution < -0.4 is 5.32 Å². The molecule has 0 aliphatic heterocycles. The summed E-state index contributed by atoms with van der Waals surface area (Å²) in [6.07, 6.45) is 1.64. The maximum atomic E-state index is 12.0.